The zero-order chi connectivity index (χ0) is 16.7. The SMILES string of the molecule is c1ccc(CC[C@@]23OCC[C@@H](O2)[C@@H]2O[C@@]23CCc2ccccc2)cc1. The van der Waals surface area contributed by atoms with Crippen molar-refractivity contribution < 1.29 is 14.2 Å². The number of epoxide rings is 1. The van der Waals surface area contributed by atoms with Crippen molar-refractivity contribution in [2.24, 2.45) is 0 Å². The quantitative estimate of drug-likeness (QED) is 0.750. The fourth-order valence-corrected chi connectivity index (χ4v) is 4.65. The maximum absolute atomic E-state index is 6.41. The molecular formula is C22H24O3. The lowest BCUT2D eigenvalue weighted by atomic mass is 9.86. The molecule has 3 aliphatic rings. The molecule has 0 saturated carbocycles. The molecule has 0 aliphatic carbocycles. The summed E-state index contributed by atoms with van der Waals surface area (Å²) in [6.45, 7) is 0.784. The zero-order valence-electron chi connectivity index (χ0n) is 14.4. The lowest BCUT2D eigenvalue weighted by Crippen LogP contribution is -2.50. The lowest BCUT2D eigenvalue weighted by molar-refractivity contribution is -0.311. The number of benzene rings is 2. The molecule has 2 bridgehead atoms. The van der Waals surface area contributed by atoms with Crippen LogP contribution in [0.2, 0.25) is 0 Å². The van der Waals surface area contributed by atoms with Gasteiger partial charge in [-0.25, -0.2) is 0 Å². The van der Waals surface area contributed by atoms with Crippen LogP contribution in [-0.2, 0) is 27.1 Å². The van der Waals surface area contributed by atoms with Gasteiger partial charge in [0.1, 0.15) is 6.10 Å². The molecule has 0 amide bonds. The second kappa shape index (κ2) is 5.94. The van der Waals surface area contributed by atoms with Crippen molar-refractivity contribution in [1.29, 1.82) is 0 Å². The Morgan fingerprint density at radius 3 is 2.12 bits per heavy atom. The van der Waals surface area contributed by atoms with Crippen molar-refractivity contribution in [2.75, 3.05) is 6.61 Å². The van der Waals surface area contributed by atoms with Crippen LogP contribution >= 0.6 is 0 Å². The number of rotatable bonds is 6. The molecule has 130 valence electrons. The third-order valence-electron chi connectivity index (χ3n) is 6.01. The maximum atomic E-state index is 6.41. The minimum Gasteiger partial charge on any atom is -0.357 e. The molecule has 0 radical (unpaired) electrons. The van der Waals surface area contributed by atoms with Crippen LogP contribution in [0, 0.1) is 0 Å². The van der Waals surface area contributed by atoms with Gasteiger partial charge in [0.15, 0.2) is 5.60 Å². The minimum absolute atomic E-state index is 0.209. The van der Waals surface area contributed by atoms with Gasteiger partial charge in [-0.1, -0.05) is 60.7 Å². The van der Waals surface area contributed by atoms with Gasteiger partial charge in [0.05, 0.1) is 12.7 Å². The molecule has 25 heavy (non-hydrogen) atoms. The molecule has 3 fully saturated rings. The van der Waals surface area contributed by atoms with Gasteiger partial charge in [-0.2, -0.15) is 0 Å². The van der Waals surface area contributed by atoms with Gasteiger partial charge in [0, 0.05) is 6.42 Å². The highest BCUT2D eigenvalue weighted by molar-refractivity contribution is 5.25. The molecule has 3 heterocycles. The number of fused-ring (bicyclic) bond motifs is 5. The van der Waals surface area contributed by atoms with E-state index >= 15 is 0 Å². The first-order valence-electron chi connectivity index (χ1n) is 9.39. The molecule has 0 spiro atoms. The summed E-state index contributed by atoms with van der Waals surface area (Å²) in [6, 6.07) is 21.2. The molecule has 5 rings (SSSR count). The van der Waals surface area contributed by atoms with E-state index in [0.717, 1.165) is 38.7 Å². The second-order valence-electron chi connectivity index (χ2n) is 7.45. The molecule has 3 nitrogen and oxygen atoms in total. The van der Waals surface area contributed by atoms with Gasteiger partial charge in [-0.3, -0.25) is 0 Å². The summed E-state index contributed by atoms with van der Waals surface area (Å²) in [6.07, 6.45) is 5.16. The summed E-state index contributed by atoms with van der Waals surface area (Å²) in [7, 11) is 0. The first-order chi connectivity index (χ1) is 12.3. The average molecular weight is 336 g/mol. The molecular weight excluding hydrogens is 312 g/mol. The van der Waals surface area contributed by atoms with Crippen LogP contribution in [-0.4, -0.2) is 30.2 Å². The van der Waals surface area contributed by atoms with Gasteiger partial charge < -0.3 is 14.2 Å². The van der Waals surface area contributed by atoms with E-state index in [1.807, 2.05) is 0 Å². The maximum Gasteiger partial charge on any atom is 0.201 e. The third kappa shape index (κ3) is 2.53. The molecule has 0 aromatic heterocycles. The van der Waals surface area contributed by atoms with Crippen LogP contribution in [0.25, 0.3) is 0 Å². The Kier molecular flexibility index (Phi) is 3.70. The van der Waals surface area contributed by atoms with Gasteiger partial charge in [0.2, 0.25) is 5.79 Å². The van der Waals surface area contributed by atoms with Crippen molar-refractivity contribution in [1.82, 2.24) is 0 Å². The lowest BCUT2D eigenvalue weighted by Gasteiger charge is -2.40. The van der Waals surface area contributed by atoms with E-state index < -0.39 is 5.79 Å². The summed E-state index contributed by atoms with van der Waals surface area (Å²) in [4.78, 5) is 0. The summed E-state index contributed by atoms with van der Waals surface area (Å²) in [5.74, 6) is -0.564. The fraction of sp³-hybridized carbons (Fsp3) is 0.455. The number of hydrogen-bond acceptors (Lipinski definition) is 3. The van der Waals surface area contributed by atoms with Crippen LogP contribution in [0.15, 0.2) is 60.7 Å². The Hall–Kier alpha value is -1.68. The monoisotopic (exact) mass is 336 g/mol. The first kappa shape index (κ1) is 15.6. The van der Waals surface area contributed by atoms with Gasteiger partial charge in [-0.15, -0.1) is 0 Å². The Morgan fingerprint density at radius 1 is 0.800 bits per heavy atom. The minimum atomic E-state index is -0.564. The molecule has 0 N–H and O–H groups in total. The van der Waals surface area contributed by atoms with Crippen molar-refractivity contribution in [3.05, 3.63) is 71.8 Å². The van der Waals surface area contributed by atoms with E-state index in [4.69, 9.17) is 14.2 Å². The summed E-state index contributed by atoms with van der Waals surface area (Å²) < 4.78 is 19.0. The number of ether oxygens (including phenoxy) is 3. The molecule has 2 aromatic rings. The summed E-state index contributed by atoms with van der Waals surface area (Å²) in [5.41, 5.74) is 2.43. The van der Waals surface area contributed by atoms with Crippen LogP contribution in [0.5, 0.6) is 0 Å². The van der Waals surface area contributed by atoms with Crippen molar-refractivity contribution in [3.63, 3.8) is 0 Å². The van der Waals surface area contributed by atoms with Crippen LogP contribution in [0.1, 0.15) is 30.4 Å². The topological polar surface area (TPSA) is 31.0 Å². The van der Waals surface area contributed by atoms with E-state index in [9.17, 15) is 0 Å². The van der Waals surface area contributed by atoms with E-state index in [0.29, 0.717) is 0 Å². The van der Waals surface area contributed by atoms with Gasteiger partial charge in [0.25, 0.3) is 0 Å². The summed E-state index contributed by atoms with van der Waals surface area (Å²) >= 11 is 0. The molecule has 3 saturated heterocycles. The Labute approximate surface area is 148 Å². The molecule has 3 heteroatoms. The predicted molar refractivity (Wildman–Crippen MR) is 95.3 cm³/mol. The van der Waals surface area contributed by atoms with Crippen molar-refractivity contribution in [2.45, 2.75) is 55.7 Å². The standard InChI is InChI=1S/C22H24O3/c1-3-7-17(8-4-1)11-14-21-20(25-21)19-13-16-23-22(21,24-19)15-12-18-9-5-2-6-10-18/h1-10,19-20H,11-16H2/t19-,20+,21+,22-/m1/s1. The highest BCUT2D eigenvalue weighted by atomic mass is 16.8. The normalized spacial score (nSPS) is 35.4. The molecule has 3 aliphatic heterocycles. The number of hydrogen-bond donors (Lipinski definition) is 0. The molecule has 2 aromatic carbocycles. The Morgan fingerprint density at radius 2 is 1.44 bits per heavy atom. The van der Waals surface area contributed by atoms with Crippen LogP contribution in [0.4, 0.5) is 0 Å². The highest BCUT2D eigenvalue weighted by Crippen LogP contribution is 2.62. The third-order valence-corrected chi connectivity index (χ3v) is 6.01. The van der Waals surface area contributed by atoms with Crippen LogP contribution in [0.3, 0.4) is 0 Å². The first-order valence-corrected chi connectivity index (χ1v) is 9.39. The highest BCUT2D eigenvalue weighted by Gasteiger charge is 2.79. The van der Waals surface area contributed by atoms with E-state index in [1.54, 1.807) is 0 Å². The van der Waals surface area contributed by atoms with E-state index in [-0.39, 0.29) is 17.8 Å². The van der Waals surface area contributed by atoms with Gasteiger partial charge >= 0.3 is 0 Å². The number of aryl methyl sites for hydroxylation is 2. The van der Waals surface area contributed by atoms with Crippen LogP contribution < -0.4 is 0 Å². The largest absolute Gasteiger partial charge is 0.357 e. The van der Waals surface area contributed by atoms with Gasteiger partial charge in [-0.05, 0) is 36.8 Å². The molecule has 4 atom stereocenters. The summed E-state index contributed by atoms with van der Waals surface area (Å²) in [5, 5.41) is 0. The molecule has 0 unspecified atom stereocenters. The van der Waals surface area contributed by atoms with Crippen molar-refractivity contribution in [3.8, 4) is 0 Å². The van der Waals surface area contributed by atoms with E-state index in [2.05, 4.69) is 60.7 Å². The zero-order valence-corrected chi connectivity index (χ0v) is 14.4. The Balaban J connectivity index is 1.35. The average Bonchev–Trinajstić information content (AvgIpc) is 3.40. The second-order valence-corrected chi connectivity index (χ2v) is 7.45. The van der Waals surface area contributed by atoms with Crippen molar-refractivity contribution >= 4 is 0 Å². The van der Waals surface area contributed by atoms with E-state index in [1.165, 1.54) is 11.1 Å². The predicted octanol–water partition coefficient (Wildman–Crippen LogP) is 3.91. The smallest absolute Gasteiger partial charge is 0.201 e. The Bertz CT molecular complexity index is 731. The fourth-order valence-electron chi connectivity index (χ4n) is 4.65.